The van der Waals surface area contributed by atoms with Gasteiger partial charge in [-0.05, 0) is 6.07 Å². The van der Waals surface area contributed by atoms with Crippen molar-refractivity contribution in [1.82, 2.24) is 4.90 Å². The minimum atomic E-state index is -2.92. The van der Waals surface area contributed by atoms with Gasteiger partial charge in [0.2, 0.25) is 0 Å². The second-order valence-corrected chi connectivity index (χ2v) is 8.17. The van der Waals surface area contributed by atoms with Crippen LogP contribution in [0.15, 0.2) is 12.1 Å². The van der Waals surface area contributed by atoms with Crippen LogP contribution in [-0.4, -0.2) is 65.2 Å². The first kappa shape index (κ1) is 17.2. The van der Waals surface area contributed by atoms with Crippen LogP contribution < -0.4 is 15.4 Å². The van der Waals surface area contributed by atoms with Gasteiger partial charge in [0.05, 0.1) is 29.3 Å². The van der Waals surface area contributed by atoms with Crippen LogP contribution in [0.5, 0.6) is 5.75 Å². The van der Waals surface area contributed by atoms with Crippen LogP contribution in [0.2, 0.25) is 5.02 Å². The molecule has 1 aliphatic heterocycles. The fourth-order valence-electron chi connectivity index (χ4n) is 2.48. The van der Waals surface area contributed by atoms with E-state index >= 15 is 0 Å². The number of hydrogen-bond acceptors (Lipinski definition) is 6. The molecule has 2 N–H and O–H groups in total. The van der Waals surface area contributed by atoms with Crippen LogP contribution in [0.3, 0.4) is 0 Å². The molecule has 1 aliphatic rings. The highest BCUT2D eigenvalue weighted by molar-refractivity contribution is 7.90. The van der Waals surface area contributed by atoms with Gasteiger partial charge in [-0.25, -0.2) is 8.42 Å². The summed E-state index contributed by atoms with van der Waals surface area (Å²) < 4.78 is 27.7. The summed E-state index contributed by atoms with van der Waals surface area (Å²) >= 11 is 6.28. The van der Waals surface area contributed by atoms with Gasteiger partial charge in [-0.1, -0.05) is 11.6 Å². The first-order valence-corrected chi connectivity index (χ1v) is 9.52. The van der Waals surface area contributed by atoms with Gasteiger partial charge in [-0.15, -0.1) is 0 Å². The second kappa shape index (κ2) is 6.93. The van der Waals surface area contributed by atoms with E-state index < -0.39 is 9.84 Å². The largest absolute Gasteiger partial charge is 0.495 e. The van der Waals surface area contributed by atoms with Crippen LogP contribution in [0.1, 0.15) is 0 Å². The molecule has 8 heteroatoms. The van der Waals surface area contributed by atoms with Crippen LogP contribution in [-0.2, 0) is 9.84 Å². The van der Waals surface area contributed by atoms with Crippen molar-refractivity contribution in [2.24, 2.45) is 0 Å². The molecule has 2 rings (SSSR count). The van der Waals surface area contributed by atoms with E-state index in [2.05, 4.69) is 9.80 Å². The maximum absolute atomic E-state index is 11.2. The molecule has 6 nitrogen and oxygen atoms in total. The molecule has 1 fully saturated rings. The average molecular weight is 348 g/mol. The normalized spacial score (nSPS) is 16.8. The molecule has 0 amide bonds. The lowest BCUT2D eigenvalue weighted by Gasteiger charge is -2.36. The summed E-state index contributed by atoms with van der Waals surface area (Å²) in [5.74, 6) is 0.808. The van der Waals surface area contributed by atoms with E-state index in [0.717, 1.165) is 31.9 Å². The Bertz CT molecular complexity index is 628. The summed E-state index contributed by atoms with van der Waals surface area (Å²) in [7, 11) is -1.34. The molecule has 1 aromatic rings. The summed E-state index contributed by atoms with van der Waals surface area (Å²) in [5, 5.41) is 0.600. The van der Waals surface area contributed by atoms with E-state index in [0.29, 0.717) is 23.0 Å². The lowest BCUT2D eigenvalue weighted by atomic mass is 10.2. The maximum atomic E-state index is 11.2. The third-order valence-corrected chi connectivity index (χ3v) is 5.02. The number of halogens is 1. The molecule has 0 aliphatic carbocycles. The molecule has 124 valence electrons. The molecule has 22 heavy (non-hydrogen) atoms. The van der Waals surface area contributed by atoms with Crippen molar-refractivity contribution in [3.05, 3.63) is 17.2 Å². The lowest BCUT2D eigenvalue weighted by molar-refractivity contribution is 0.272. The maximum Gasteiger partial charge on any atom is 0.148 e. The Morgan fingerprint density at radius 2 is 1.91 bits per heavy atom. The number of nitrogens with zero attached hydrogens (tertiary/aromatic N) is 2. The number of nitrogens with two attached hydrogens (primary N) is 1. The van der Waals surface area contributed by atoms with Crippen molar-refractivity contribution in [2.75, 3.05) is 62.5 Å². The Labute approximate surface area is 136 Å². The number of piperazine rings is 1. The molecule has 0 bridgehead atoms. The van der Waals surface area contributed by atoms with Gasteiger partial charge in [-0.3, -0.25) is 4.90 Å². The van der Waals surface area contributed by atoms with Crippen LogP contribution >= 0.6 is 11.6 Å². The van der Waals surface area contributed by atoms with Crippen molar-refractivity contribution in [1.29, 1.82) is 0 Å². The summed E-state index contributed by atoms with van der Waals surface area (Å²) in [6, 6.07) is 3.55. The highest BCUT2D eigenvalue weighted by atomic mass is 35.5. The zero-order chi connectivity index (χ0) is 16.3. The molecule has 0 radical (unpaired) electrons. The number of benzene rings is 1. The zero-order valence-electron chi connectivity index (χ0n) is 12.9. The summed E-state index contributed by atoms with van der Waals surface area (Å²) in [6.07, 6.45) is 1.27. The fourth-order valence-corrected chi connectivity index (χ4v) is 3.37. The van der Waals surface area contributed by atoms with Gasteiger partial charge >= 0.3 is 0 Å². The predicted molar refractivity (Wildman–Crippen MR) is 90.8 cm³/mol. The third-order valence-electron chi connectivity index (χ3n) is 3.79. The standard InChI is InChI=1S/C14H22ClN3O3S/c1-21-14-10-13(11(15)9-12(14)16)18-5-3-17(4-6-18)7-8-22(2,19)20/h9-10H,3-8,16H2,1-2H3. The topological polar surface area (TPSA) is 75.9 Å². The van der Waals surface area contributed by atoms with Gasteiger partial charge in [0.25, 0.3) is 0 Å². The lowest BCUT2D eigenvalue weighted by Crippen LogP contribution is -2.47. The third kappa shape index (κ3) is 4.41. The van der Waals surface area contributed by atoms with Crippen LogP contribution in [0, 0.1) is 0 Å². The Morgan fingerprint density at radius 1 is 1.27 bits per heavy atom. The van der Waals surface area contributed by atoms with Gasteiger partial charge in [0, 0.05) is 45.0 Å². The van der Waals surface area contributed by atoms with E-state index in [1.165, 1.54) is 6.26 Å². The highest BCUT2D eigenvalue weighted by Crippen LogP contribution is 2.35. The number of anilines is 2. The molecule has 0 saturated carbocycles. The number of hydrogen-bond donors (Lipinski definition) is 1. The van der Waals surface area contributed by atoms with E-state index in [1.807, 2.05) is 6.07 Å². The SMILES string of the molecule is COc1cc(N2CCN(CCS(C)(=O)=O)CC2)c(Cl)cc1N. The van der Waals surface area contributed by atoms with E-state index in [1.54, 1.807) is 13.2 Å². The summed E-state index contributed by atoms with van der Waals surface area (Å²) in [4.78, 5) is 4.32. The Kier molecular flexibility index (Phi) is 5.41. The Hall–Kier alpha value is -1.18. The molecule has 0 spiro atoms. The molecule has 1 saturated heterocycles. The van der Waals surface area contributed by atoms with Crippen molar-refractivity contribution < 1.29 is 13.2 Å². The smallest absolute Gasteiger partial charge is 0.148 e. The molecule has 1 heterocycles. The number of sulfone groups is 1. The van der Waals surface area contributed by atoms with Crippen LogP contribution in [0.4, 0.5) is 11.4 Å². The van der Waals surface area contributed by atoms with Crippen molar-refractivity contribution in [3.63, 3.8) is 0 Å². The fraction of sp³-hybridized carbons (Fsp3) is 0.571. The number of rotatable bonds is 5. The first-order valence-electron chi connectivity index (χ1n) is 7.08. The Morgan fingerprint density at radius 3 is 2.45 bits per heavy atom. The van der Waals surface area contributed by atoms with E-state index in [9.17, 15) is 8.42 Å². The minimum absolute atomic E-state index is 0.198. The Balaban J connectivity index is 2.00. The number of ether oxygens (including phenoxy) is 1. The number of methoxy groups -OCH3 is 1. The molecule has 0 unspecified atom stereocenters. The van der Waals surface area contributed by atoms with E-state index in [4.69, 9.17) is 22.1 Å². The zero-order valence-corrected chi connectivity index (χ0v) is 14.5. The first-order chi connectivity index (χ1) is 10.3. The van der Waals surface area contributed by atoms with Gasteiger partial charge < -0.3 is 15.4 Å². The number of nitrogen functional groups attached to an aromatic ring is 1. The summed E-state index contributed by atoms with van der Waals surface area (Å²) in [6.45, 7) is 3.76. The van der Waals surface area contributed by atoms with Crippen molar-refractivity contribution in [2.45, 2.75) is 0 Å². The van der Waals surface area contributed by atoms with Gasteiger partial charge in [0.1, 0.15) is 15.6 Å². The molecule has 0 atom stereocenters. The molecule has 0 aromatic heterocycles. The van der Waals surface area contributed by atoms with Crippen molar-refractivity contribution in [3.8, 4) is 5.75 Å². The quantitative estimate of drug-likeness (QED) is 0.804. The monoisotopic (exact) mass is 347 g/mol. The van der Waals surface area contributed by atoms with Gasteiger partial charge in [0.15, 0.2) is 0 Å². The summed E-state index contributed by atoms with van der Waals surface area (Å²) in [5.41, 5.74) is 7.25. The molecule has 1 aromatic carbocycles. The average Bonchev–Trinajstić information content (AvgIpc) is 2.45. The molecular formula is C14H22ClN3O3S. The minimum Gasteiger partial charge on any atom is -0.495 e. The van der Waals surface area contributed by atoms with Gasteiger partial charge in [-0.2, -0.15) is 0 Å². The molecular weight excluding hydrogens is 326 g/mol. The predicted octanol–water partition coefficient (Wildman–Crippen LogP) is 1.10. The van der Waals surface area contributed by atoms with Crippen LogP contribution in [0.25, 0.3) is 0 Å². The second-order valence-electron chi connectivity index (χ2n) is 5.50. The highest BCUT2D eigenvalue weighted by Gasteiger charge is 2.21. The van der Waals surface area contributed by atoms with Crippen molar-refractivity contribution >= 4 is 32.8 Å². The van der Waals surface area contributed by atoms with E-state index in [-0.39, 0.29) is 5.75 Å².